The Bertz CT molecular complexity index is 789. The van der Waals surface area contributed by atoms with E-state index >= 15 is 0 Å². The molecule has 0 spiro atoms. The molecule has 0 bridgehead atoms. The number of aliphatic hydroxyl groups excluding tert-OH is 2. The summed E-state index contributed by atoms with van der Waals surface area (Å²) < 4.78 is 0. The highest BCUT2D eigenvalue weighted by molar-refractivity contribution is 5.19. The van der Waals surface area contributed by atoms with Gasteiger partial charge in [-0.3, -0.25) is 0 Å². The topological polar surface area (TPSA) is 60.7 Å². The number of fused-ring (bicyclic) bond motifs is 7. The third-order valence-electron chi connectivity index (χ3n) is 14.2. The van der Waals surface area contributed by atoms with E-state index in [0.717, 1.165) is 25.7 Å². The van der Waals surface area contributed by atoms with Crippen LogP contribution in [0.2, 0.25) is 0 Å². The van der Waals surface area contributed by atoms with Gasteiger partial charge < -0.3 is 15.3 Å². The first-order chi connectivity index (χ1) is 15.2. The quantitative estimate of drug-likeness (QED) is 0.437. The molecule has 2 unspecified atom stereocenters. The zero-order chi connectivity index (χ0) is 24.2. The van der Waals surface area contributed by atoms with Crippen molar-refractivity contribution in [2.24, 2.45) is 56.7 Å². The monoisotopic (exact) mass is 460 g/mol. The fourth-order valence-electron chi connectivity index (χ4n) is 11.7. The molecule has 5 aliphatic carbocycles. The van der Waals surface area contributed by atoms with Crippen molar-refractivity contribution >= 4 is 0 Å². The van der Waals surface area contributed by atoms with Crippen LogP contribution in [0.15, 0.2) is 0 Å². The van der Waals surface area contributed by atoms with E-state index in [1.54, 1.807) is 0 Å². The third-order valence-corrected chi connectivity index (χ3v) is 14.2. The maximum absolute atomic E-state index is 11.3. The molecular formula is C30H52O3. The predicted molar refractivity (Wildman–Crippen MR) is 134 cm³/mol. The summed E-state index contributed by atoms with van der Waals surface area (Å²) in [5, 5.41) is 32.9. The van der Waals surface area contributed by atoms with Crippen LogP contribution in [0.3, 0.4) is 0 Å². The van der Waals surface area contributed by atoms with Gasteiger partial charge in [0.25, 0.3) is 0 Å². The molecule has 0 heterocycles. The summed E-state index contributed by atoms with van der Waals surface area (Å²) in [6, 6.07) is 0. The van der Waals surface area contributed by atoms with Crippen LogP contribution in [0.4, 0.5) is 0 Å². The molecule has 0 radical (unpaired) electrons. The summed E-state index contributed by atoms with van der Waals surface area (Å²) in [5.74, 6) is 2.54. The summed E-state index contributed by atoms with van der Waals surface area (Å²) >= 11 is 0. The summed E-state index contributed by atoms with van der Waals surface area (Å²) in [5.41, 5.74) is 0.249. The number of hydrogen-bond acceptors (Lipinski definition) is 3. The second kappa shape index (κ2) is 7.22. The zero-order valence-electron chi connectivity index (χ0n) is 22.6. The van der Waals surface area contributed by atoms with Crippen LogP contribution in [-0.2, 0) is 0 Å². The van der Waals surface area contributed by atoms with E-state index in [2.05, 4.69) is 48.5 Å². The van der Waals surface area contributed by atoms with Crippen LogP contribution in [-0.4, -0.2) is 33.6 Å². The lowest BCUT2D eigenvalue weighted by molar-refractivity contribution is -0.269. The first kappa shape index (κ1) is 24.6. The first-order valence-electron chi connectivity index (χ1n) is 14.2. The van der Waals surface area contributed by atoms with Gasteiger partial charge in [0.15, 0.2) is 0 Å². The van der Waals surface area contributed by atoms with Gasteiger partial charge in [-0.25, -0.2) is 0 Å². The van der Waals surface area contributed by atoms with Gasteiger partial charge in [0.1, 0.15) is 0 Å². The molecule has 33 heavy (non-hydrogen) atoms. The van der Waals surface area contributed by atoms with Crippen molar-refractivity contribution in [2.45, 2.75) is 124 Å². The standard InChI is InChI=1S/C30H52O3/c1-19-24-20-8-9-22-26(4)12-11-23(32)25(2,3)21(26)10-13-28(22,6)27(20,5)14-16-30(24,18-31)17-15-29(19,7)33/h19-24,31-33H,8-18H2,1-7H3/t19-,20+,21?,22?,23-,24+,26-,27+,28+,29-,30-/m0/s1. The molecule has 0 aliphatic heterocycles. The molecular weight excluding hydrogens is 408 g/mol. The largest absolute Gasteiger partial charge is 0.396 e. The Hall–Kier alpha value is -0.120. The van der Waals surface area contributed by atoms with Crippen LogP contribution < -0.4 is 0 Å². The molecule has 0 saturated heterocycles. The van der Waals surface area contributed by atoms with Gasteiger partial charge in [-0.2, -0.15) is 0 Å². The fourth-order valence-corrected chi connectivity index (χ4v) is 11.7. The second-order valence-corrected chi connectivity index (χ2v) is 15.2. The minimum absolute atomic E-state index is 0.00127. The van der Waals surface area contributed by atoms with Gasteiger partial charge in [0.05, 0.1) is 11.7 Å². The van der Waals surface area contributed by atoms with E-state index in [1.165, 1.54) is 38.5 Å². The summed E-state index contributed by atoms with van der Waals surface area (Å²) in [4.78, 5) is 0. The van der Waals surface area contributed by atoms with Crippen molar-refractivity contribution < 1.29 is 15.3 Å². The molecule has 0 aromatic heterocycles. The van der Waals surface area contributed by atoms with Crippen molar-refractivity contribution in [3.05, 3.63) is 0 Å². The van der Waals surface area contributed by atoms with E-state index < -0.39 is 5.60 Å². The van der Waals surface area contributed by atoms with Gasteiger partial charge in [-0.15, -0.1) is 0 Å². The molecule has 190 valence electrons. The Morgan fingerprint density at radius 3 is 2.06 bits per heavy atom. The molecule has 3 heteroatoms. The molecule has 5 rings (SSSR count). The van der Waals surface area contributed by atoms with Crippen LogP contribution in [0, 0.1) is 56.7 Å². The summed E-state index contributed by atoms with van der Waals surface area (Å²) in [7, 11) is 0. The fraction of sp³-hybridized carbons (Fsp3) is 1.00. The van der Waals surface area contributed by atoms with E-state index in [4.69, 9.17) is 0 Å². The predicted octanol–water partition coefficient (Wildman–Crippen LogP) is 6.19. The Morgan fingerprint density at radius 1 is 0.727 bits per heavy atom. The Morgan fingerprint density at radius 2 is 1.39 bits per heavy atom. The van der Waals surface area contributed by atoms with Crippen molar-refractivity contribution in [2.75, 3.05) is 6.61 Å². The lowest BCUT2D eigenvalue weighted by Gasteiger charge is -2.74. The maximum Gasteiger partial charge on any atom is 0.0648 e. The average Bonchev–Trinajstić information content (AvgIpc) is 2.74. The maximum atomic E-state index is 11.3. The van der Waals surface area contributed by atoms with E-state index in [9.17, 15) is 15.3 Å². The Balaban J connectivity index is 1.55. The Labute approximate surface area is 203 Å². The SMILES string of the molecule is C[C@H]1[C@@H]2[C@H]3CCC4[C@@]5(C)CC[C@H](O)C(C)(C)C5CC[C@@]4(C)[C@]3(C)CC[C@@]2(CO)CC[C@]1(C)O. The number of rotatable bonds is 1. The van der Waals surface area contributed by atoms with Gasteiger partial charge in [0, 0.05) is 6.61 Å². The highest BCUT2D eigenvalue weighted by Gasteiger charge is 2.70. The minimum Gasteiger partial charge on any atom is -0.396 e. The second-order valence-electron chi connectivity index (χ2n) is 15.2. The van der Waals surface area contributed by atoms with Crippen LogP contribution in [0.1, 0.15) is 113 Å². The molecule has 3 N–H and O–H groups in total. The van der Waals surface area contributed by atoms with E-state index in [1.807, 2.05) is 0 Å². The highest BCUT2D eigenvalue weighted by atomic mass is 16.3. The van der Waals surface area contributed by atoms with Crippen molar-refractivity contribution in [1.29, 1.82) is 0 Å². The van der Waals surface area contributed by atoms with Gasteiger partial charge in [-0.05, 0) is 128 Å². The lowest BCUT2D eigenvalue weighted by atomic mass is 9.31. The summed E-state index contributed by atoms with van der Waals surface area (Å²) in [6.45, 7) is 17.1. The molecule has 5 fully saturated rings. The highest BCUT2D eigenvalue weighted by Crippen LogP contribution is 2.77. The zero-order valence-corrected chi connectivity index (χ0v) is 22.6. The minimum atomic E-state index is -0.619. The molecule has 0 aromatic rings. The van der Waals surface area contributed by atoms with Crippen molar-refractivity contribution in [1.82, 2.24) is 0 Å². The third kappa shape index (κ3) is 2.91. The number of hydrogen-bond donors (Lipinski definition) is 3. The molecule has 3 nitrogen and oxygen atoms in total. The lowest BCUT2D eigenvalue weighted by Crippen LogP contribution is -2.68. The van der Waals surface area contributed by atoms with E-state index in [-0.39, 0.29) is 34.9 Å². The average molecular weight is 461 g/mol. The van der Waals surface area contributed by atoms with Crippen LogP contribution in [0.5, 0.6) is 0 Å². The first-order valence-corrected chi connectivity index (χ1v) is 14.2. The van der Waals surface area contributed by atoms with Crippen LogP contribution in [0.25, 0.3) is 0 Å². The van der Waals surface area contributed by atoms with Crippen molar-refractivity contribution in [3.63, 3.8) is 0 Å². The Kier molecular flexibility index (Phi) is 5.38. The van der Waals surface area contributed by atoms with E-state index in [0.29, 0.717) is 34.5 Å². The summed E-state index contributed by atoms with van der Waals surface area (Å²) in [6.07, 6.45) is 11.1. The van der Waals surface area contributed by atoms with Gasteiger partial charge in [-0.1, -0.05) is 41.5 Å². The molecule has 0 aromatic carbocycles. The smallest absolute Gasteiger partial charge is 0.0648 e. The van der Waals surface area contributed by atoms with Gasteiger partial charge in [0.2, 0.25) is 0 Å². The van der Waals surface area contributed by atoms with Crippen LogP contribution >= 0.6 is 0 Å². The molecule has 5 aliphatic rings. The normalized spacial score (nSPS) is 60.2. The molecule has 11 atom stereocenters. The van der Waals surface area contributed by atoms with Gasteiger partial charge >= 0.3 is 0 Å². The number of aliphatic hydroxyl groups is 3. The molecule has 5 saturated carbocycles. The molecule has 0 amide bonds. The van der Waals surface area contributed by atoms with Crippen molar-refractivity contribution in [3.8, 4) is 0 Å².